The number of nitro groups is 1. The van der Waals surface area contributed by atoms with E-state index in [1.807, 2.05) is 24.3 Å². The molecule has 0 saturated heterocycles. The maximum atomic E-state index is 10.8. The molecule has 0 aliphatic rings. The van der Waals surface area contributed by atoms with Crippen molar-refractivity contribution in [1.29, 1.82) is 0 Å². The maximum Gasteiger partial charge on any atom is 0.287 e. The normalized spacial score (nSPS) is 10.7. The van der Waals surface area contributed by atoms with E-state index >= 15 is 0 Å². The van der Waals surface area contributed by atoms with Crippen molar-refractivity contribution in [1.82, 2.24) is 15.0 Å². The van der Waals surface area contributed by atoms with Crippen LogP contribution in [0.2, 0.25) is 10.0 Å². The van der Waals surface area contributed by atoms with Gasteiger partial charge in [-0.3, -0.25) is 10.1 Å². The lowest BCUT2D eigenvalue weighted by atomic mass is 10.1. The Balaban J connectivity index is 1.44. The molecule has 0 aliphatic heterocycles. The molecule has 0 atom stereocenters. The molecule has 9 nitrogen and oxygen atoms in total. The van der Waals surface area contributed by atoms with Crippen LogP contribution in [0.25, 0.3) is 0 Å². The van der Waals surface area contributed by atoms with E-state index in [2.05, 4.69) is 50.6 Å². The van der Waals surface area contributed by atoms with Crippen molar-refractivity contribution in [2.45, 2.75) is 20.0 Å². The summed E-state index contributed by atoms with van der Waals surface area (Å²) in [5.41, 5.74) is 3.22. The number of hydrogen-bond donors (Lipinski definition) is 2. The average Bonchev–Trinajstić information content (AvgIpc) is 2.88. The minimum atomic E-state index is -0.480. The number of hydrogen-bond acceptors (Lipinski definition) is 8. The molecular weight excluding hydrogens is 513 g/mol. The van der Waals surface area contributed by atoms with Gasteiger partial charge >= 0.3 is 0 Å². The van der Waals surface area contributed by atoms with Crippen LogP contribution in [0.3, 0.4) is 0 Å². The zero-order chi connectivity index (χ0) is 26.2. The molecule has 4 aromatic rings. The monoisotopic (exact) mass is 537 g/mol. The summed E-state index contributed by atoms with van der Waals surface area (Å²) in [7, 11) is 0. The van der Waals surface area contributed by atoms with Crippen LogP contribution in [0.5, 0.6) is 0 Å². The van der Waals surface area contributed by atoms with Gasteiger partial charge in [0.15, 0.2) is 0 Å². The lowest BCUT2D eigenvalue weighted by Gasteiger charge is -2.25. The molecule has 190 valence electrons. The molecule has 37 heavy (non-hydrogen) atoms. The second-order valence-electron chi connectivity index (χ2n) is 8.33. The molecule has 2 heterocycles. The molecule has 11 heteroatoms. The third-order valence-corrected chi connectivity index (χ3v) is 6.06. The highest BCUT2D eigenvalue weighted by Gasteiger charge is 2.14. The lowest BCUT2D eigenvalue weighted by molar-refractivity contribution is -0.385. The first-order valence-corrected chi connectivity index (χ1v) is 12.3. The van der Waals surface area contributed by atoms with E-state index in [-0.39, 0.29) is 5.69 Å². The highest BCUT2D eigenvalue weighted by atomic mass is 35.5. The fourth-order valence-corrected chi connectivity index (χ4v) is 4.15. The van der Waals surface area contributed by atoms with Gasteiger partial charge in [-0.2, -0.15) is 4.98 Å². The Morgan fingerprint density at radius 3 is 2.54 bits per heavy atom. The minimum Gasteiger partial charge on any atom is -0.368 e. The average molecular weight is 538 g/mol. The zero-order valence-corrected chi connectivity index (χ0v) is 21.6. The van der Waals surface area contributed by atoms with Crippen molar-refractivity contribution in [2.75, 3.05) is 28.6 Å². The summed E-state index contributed by atoms with van der Waals surface area (Å²) < 4.78 is 0. The van der Waals surface area contributed by atoms with Crippen LogP contribution in [0.1, 0.15) is 16.7 Å². The van der Waals surface area contributed by atoms with Gasteiger partial charge < -0.3 is 15.5 Å². The molecule has 0 radical (unpaired) electrons. The number of rotatable bonds is 11. The van der Waals surface area contributed by atoms with Crippen molar-refractivity contribution in [3.63, 3.8) is 0 Å². The summed E-state index contributed by atoms with van der Waals surface area (Å²) >= 11 is 12.6. The number of aromatic nitrogens is 3. The van der Waals surface area contributed by atoms with Crippen LogP contribution in [0.4, 0.5) is 23.3 Å². The molecule has 0 spiro atoms. The first-order valence-electron chi connectivity index (χ1n) is 11.5. The minimum absolute atomic E-state index is 0.0519. The molecule has 2 aromatic heterocycles. The van der Waals surface area contributed by atoms with E-state index in [1.165, 1.54) is 17.8 Å². The van der Waals surface area contributed by atoms with Gasteiger partial charge in [-0.25, -0.2) is 9.97 Å². The molecule has 2 N–H and O–H groups in total. The maximum absolute atomic E-state index is 10.8. The van der Waals surface area contributed by atoms with E-state index in [0.29, 0.717) is 48.0 Å². The predicted octanol–water partition coefficient (Wildman–Crippen LogP) is 6.13. The van der Waals surface area contributed by atoms with Crippen LogP contribution in [0, 0.1) is 17.0 Å². The topological polar surface area (TPSA) is 109 Å². The lowest BCUT2D eigenvalue weighted by Crippen LogP contribution is -2.24. The van der Waals surface area contributed by atoms with Crippen molar-refractivity contribution in [2.24, 2.45) is 0 Å². The van der Waals surface area contributed by atoms with Crippen LogP contribution >= 0.6 is 23.2 Å². The summed E-state index contributed by atoms with van der Waals surface area (Å²) in [5, 5.41) is 18.3. The molecule has 0 unspecified atom stereocenters. The second kappa shape index (κ2) is 12.3. The van der Waals surface area contributed by atoms with Crippen molar-refractivity contribution in [3.05, 3.63) is 110 Å². The molecule has 4 rings (SSSR count). The number of benzene rings is 2. The summed E-state index contributed by atoms with van der Waals surface area (Å²) in [5.74, 6) is 1.77. The van der Waals surface area contributed by atoms with E-state index in [4.69, 9.17) is 28.2 Å². The van der Waals surface area contributed by atoms with Gasteiger partial charge in [0.05, 0.1) is 4.92 Å². The number of nitrogens with zero attached hydrogens (tertiary/aromatic N) is 5. The van der Waals surface area contributed by atoms with Crippen LogP contribution in [0.15, 0.2) is 73.1 Å². The SMILES string of the molecule is Cc1cccc(CN(Cc2ccc(Cl)cc2Cl)c2ccnc(NCCNc3ccc([N+](=O)[O-])cn3)n2)c1. The smallest absolute Gasteiger partial charge is 0.287 e. The molecule has 0 amide bonds. The van der Waals surface area contributed by atoms with Gasteiger partial charge in [0.2, 0.25) is 5.95 Å². The molecule has 0 aliphatic carbocycles. The number of nitrogens with one attached hydrogen (secondary N) is 2. The Kier molecular flexibility index (Phi) is 8.71. The van der Waals surface area contributed by atoms with Crippen LogP contribution in [-0.2, 0) is 13.1 Å². The van der Waals surface area contributed by atoms with Crippen molar-refractivity contribution < 1.29 is 4.92 Å². The Hall–Kier alpha value is -3.95. The van der Waals surface area contributed by atoms with Crippen LogP contribution in [-0.4, -0.2) is 33.0 Å². The Morgan fingerprint density at radius 1 is 0.973 bits per heavy atom. The van der Waals surface area contributed by atoms with Crippen molar-refractivity contribution >= 4 is 46.5 Å². The highest BCUT2D eigenvalue weighted by Crippen LogP contribution is 2.26. The molecule has 0 saturated carbocycles. The standard InChI is InChI=1S/C26H25Cl2N7O2/c1-18-3-2-4-19(13-18)16-34(17-20-5-6-21(27)14-23(20)28)25-9-10-30-26(33-25)31-12-11-29-24-8-7-22(15-32-24)35(36)37/h2-10,13-15H,11-12,16-17H2,1H3,(H,29,32)(H,30,31,33). The van der Waals surface area contributed by atoms with Crippen LogP contribution < -0.4 is 15.5 Å². The van der Waals surface area contributed by atoms with Gasteiger partial charge in [-0.1, -0.05) is 59.1 Å². The molecule has 2 aromatic carbocycles. The van der Waals surface area contributed by atoms with E-state index < -0.39 is 4.92 Å². The Labute approximate surface area is 224 Å². The summed E-state index contributed by atoms with van der Waals surface area (Å²) in [6.07, 6.45) is 2.93. The fourth-order valence-electron chi connectivity index (χ4n) is 3.68. The third kappa shape index (κ3) is 7.52. The quantitative estimate of drug-likeness (QED) is 0.133. The number of halogens is 2. The van der Waals surface area contributed by atoms with Gasteiger partial charge in [-0.05, 0) is 42.3 Å². The first-order chi connectivity index (χ1) is 17.9. The molecule has 0 fully saturated rings. The fraction of sp³-hybridized carbons (Fsp3) is 0.192. The largest absolute Gasteiger partial charge is 0.368 e. The van der Waals surface area contributed by atoms with Gasteiger partial charge in [0.25, 0.3) is 5.69 Å². The summed E-state index contributed by atoms with van der Waals surface area (Å²) in [6, 6.07) is 18.7. The predicted molar refractivity (Wildman–Crippen MR) is 147 cm³/mol. The van der Waals surface area contributed by atoms with Gasteiger partial charge in [0.1, 0.15) is 17.8 Å². The summed E-state index contributed by atoms with van der Waals surface area (Å²) in [4.78, 5) is 25.5. The van der Waals surface area contributed by atoms with Gasteiger partial charge in [0, 0.05) is 48.5 Å². The van der Waals surface area contributed by atoms with Gasteiger partial charge in [-0.15, -0.1) is 0 Å². The van der Waals surface area contributed by atoms with E-state index in [9.17, 15) is 10.1 Å². The summed E-state index contributed by atoms with van der Waals surface area (Å²) in [6.45, 7) is 4.27. The molecule has 0 bridgehead atoms. The highest BCUT2D eigenvalue weighted by molar-refractivity contribution is 6.35. The molecular formula is C26H25Cl2N7O2. The number of anilines is 3. The Morgan fingerprint density at radius 2 is 1.81 bits per heavy atom. The first kappa shape index (κ1) is 26.1. The number of aryl methyl sites for hydroxylation is 1. The zero-order valence-electron chi connectivity index (χ0n) is 20.1. The third-order valence-electron chi connectivity index (χ3n) is 5.47. The number of pyridine rings is 1. The van der Waals surface area contributed by atoms with E-state index in [0.717, 1.165) is 16.9 Å². The Bertz CT molecular complexity index is 1370. The second-order valence-corrected chi connectivity index (χ2v) is 9.18. The van der Waals surface area contributed by atoms with E-state index in [1.54, 1.807) is 18.3 Å². The van der Waals surface area contributed by atoms with Crippen molar-refractivity contribution in [3.8, 4) is 0 Å².